The molecule has 1 atom stereocenters. The quantitative estimate of drug-likeness (QED) is 0.849. The first kappa shape index (κ1) is 18.7. The number of carbonyl (C=O) groups excluding carboxylic acids is 1. The summed E-state index contributed by atoms with van der Waals surface area (Å²) >= 11 is 0. The Morgan fingerprint density at radius 1 is 1.25 bits per heavy atom. The molecule has 2 aliphatic rings. The second-order valence-electron chi connectivity index (χ2n) is 7.72. The summed E-state index contributed by atoms with van der Waals surface area (Å²) in [5.74, 6) is 1.65. The maximum atomic E-state index is 12.6. The summed E-state index contributed by atoms with van der Waals surface area (Å²) in [6, 6.07) is 9.80. The minimum atomic E-state index is -0.545. The van der Waals surface area contributed by atoms with E-state index in [1.54, 1.807) is 6.92 Å². The summed E-state index contributed by atoms with van der Waals surface area (Å²) in [5.41, 5.74) is 1.38. The van der Waals surface area contributed by atoms with E-state index in [0.29, 0.717) is 24.5 Å². The van der Waals surface area contributed by atoms with Gasteiger partial charge in [0.2, 0.25) is 0 Å². The fraction of sp³-hybridized carbons (Fsp3) is 0.455. The van der Waals surface area contributed by atoms with E-state index in [0.717, 1.165) is 43.7 Å². The van der Waals surface area contributed by atoms with Crippen molar-refractivity contribution in [3.05, 3.63) is 63.2 Å². The van der Waals surface area contributed by atoms with Gasteiger partial charge in [0.1, 0.15) is 17.1 Å². The van der Waals surface area contributed by atoms with Gasteiger partial charge in [-0.15, -0.1) is 0 Å². The zero-order chi connectivity index (χ0) is 19.5. The van der Waals surface area contributed by atoms with Crippen LogP contribution in [0.15, 0.2) is 39.5 Å². The number of ether oxygens (including phenoxy) is 1. The van der Waals surface area contributed by atoms with Crippen molar-refractivity contribution in [3.63, 3.8) is 0 Å². The summed E-state index contributed by atoms with van der Waals surface area (Å²) in [4.78, 5) is 25.1. The first-order valence-electron chi connectivity index (χ1n) is 9.96. The van der Waals surface area contributed by atoms with Crippen LogP contribution >= 0.6 is 0 Å². The fourth-order valence-electron chi connectivity index (χ4n) is 4.06. The molecule has 3 heterocycles. The van der Waals surface area contributed by atoms with Crippen molar-refractivity contribution in [1.29, 1.82) is 0 Å². The predicted molar refractivity (Wildman–Crippen MR) is 106 cm³/mol. The van der Waals surface area contributed by atoms with Gasteiger partial charge in [0.25, 0.3) is 5.91 Å². The van der Waals surface area contributed by atoms with Crippen LogP contribution in [-0.2, 0) is 6.42 Å². The number of para-hydroxylation sites is 1. The molecule has 28 heavy (non-hydrogen) atoms. The molecule has 1 unspecified atom stereocenters. The number of piperidine rings is 1. The van der Waals surface area contributed by atoms with Crippen molar-refractivity contribution in [1.82, 2.24) is 10.6 Å². The highest BCUT2D eigenvalue weighted by molar-refractivity contribution is 5.95. The number of amides is 1. The van der Waals surface area contributed by atoms with Crippen LogP contribution < -0.4 is 21.0 Å². The molecule has 0 bridgehead atoms. The van der Waals surface area contributed by atoms with Crippen LogP contribution in [0.3, 0.4) is 0 Å². The molecule has 1 amide bonds. The highest BCUT2D eigenvalue weighted by Gasteiger charge is 2.24. The molecule has 1 aromatic carbocycles. The molecular formula is C22H26N2O4. The molecule has 1 fully saturated rings. The third-order valence-electron chi connectivity index (χ3n) is 5.64. The van der Waals surface area contributed by atoms with Gasteiger partial charge in [-0.25, -0.2) is 4.79 Å². The van der Waals surface area contributed by atoms with E-state index < -0.39 is 5.63 Å². The molecule has 6 heteroatoms. The largest absolute Gasteiger partial charge is 0.493 e. The van der Waals surface area contributed by atoms with Gasteiger partial charge < -0.3 is 19.8 Å². The molecular weight excluding hydrogens is 356 g/mol. The van der Waals surface area contributed by atoms with Crippen LogP contribution in [0.5, 0.6) is 5.75 Å². The lowest BCUT2D eigenvalue weighted by atomic mass is 9.94. The lowest BCUT2D eigenvalue weighted by Gasteiger charge is -2.25. The predicted octanol–water partition coefficient (Wildman–Crippen LogP) is 2.40. The molecule has 6 nitrogen and oxygen atoms in total. The van der Waals surface area contributed by atoms with Crippen molar-refractivity contribution in [2.45, 2.75) is 32.1 Å². The SMILES string of the molecule is Cc1cc(C2CCNCC2)oc(=O)c1C(=O)NCC1COc2ccccc2C1. The van der Waals surface area contributed by atoms with Crippen LogP contribution in [0, 0.1) is 12.8 Å². The van der Waals surface area contributed by atoms with Crippen molar-refractivity contribution < 1.29 is 13.9 Å². The number of carbonyl (C=O) groups is 1. The second-order valence-corrected chi connectivity index (χ2v) is 7.72. The highest BCUT2D eigenvalue weighted by atomic mass is 16.5. The maximum absolute atomic E-state index is 12.6. The number of benzene rings is 1. The third kappa shape index (κ3) is 3.97. The third-order valence-corrected chi connectivity index (χ3v) is 5.64. The second kappa shape index (κ2) is 8.19. The first-order chi connectivity index (χ1) is 13.6. The van der Waals surface area contributed by atoms with Gasteiger partial charge in [0.05, 0.1) is 6.61 Å². The minimum Gasteiger partial charge on any atom is -0.493 e. The molecule has 2 aromatic rings. The van der Waals surface area contributed by atoms with E-state index in [9.17, 15) is 9.59 Å². The van der Waals surface area contributed by atoms with E-state index in [-0.39, 0.29) is 23.3 Å². The lowest BCUT2D eigenvalue weighted by molar-refractivity contribution is 0.0933. The molecule has 0 radical (unpaired) electrons. The maximum Gasteiger partial charge on any atom is 0.349 e. The van der Waals surface area contributed by atoms with Gasteiger partial charge >= 0.3 is 5.63 Å². The summed E-state index contributed by atoms with van der Waals surface area (Å²) in [6.07, 6.45) is 2.73. The molecule has 1 aromatic heterocycles. The van der Waals surface area contributed by atoms with Gasteiger partial charge in [-0.1, -0.05) is 18.2 Å². The van der Waals surface area contributed by atoms with Crippen LogP contribution in [0.2, 0.25) is 0 Å². The summed E-state index contributed by atoms with van der Waals surface area (Å²) < 4.78 is 11.3. The number of rotatable bonds is 4. The Kier molecular flexibility index (Phi) is 5.48. The Morgan fingerprint density at radius 3 is 2.82 bits per heavy atom. The topological polar surface area (TPSA) is 80.6 Å². The Bertz CT molecular complexity index is 915. The average Bonchev–Trinajstić information content (AvgIpc) is 2.72. The Hall–Kier alpha value is -2.60. The molecule has 0 aliphatic carbocycles. The van der Waals surface area contributed by atoms with Crippen LogP contribution in [0.4, 0.5) is 0 Å². The van der Waals surface area contributed by atoms with Crippen LogP contribution in [-0.4, -0.2) is 32.1 Å². The molecule has 148 valence electrons. The smallest absolute Gasteiger partial charge is 0.349 e. The van der Waals surface area contributed by atoms with Crippen molar-refractivity contribution in [2.24, 2.45) is 5.92 Å². The summed E-state index contributed by atoms with van der Waals surface area (Å²) in [7, 11) is 0. The monoisotopic (exact) mass is 382 g/mol. The van der Waals surface area contributed by atoms with E-state index in [1.807, 2.05) is 30.3 Å². The molecule has 1 saturated heterocycles. The van der Waals surface area contributed by atoms with Crippen molar-refractivity contribution >= 4 is 5.91 Å². The van der Waals surface area contributed by atoms with Crippen molar-refractivity contribution in [2.75, 3.05) is 26.2 Å². The zero-order valence-electron chi connectivity index (χ0n) is 16.1. The fourth-order valence-corrected chi connectivity index (χ4v) is 4.06. The molecule has 2 aliphatic heterocycles. The minimum absolute atomic E-state index is 0.106. The van der Waals surface area contributed by atoms with Crippen LogP contribution in [0.25, 0.3) is 0 Å². The van der Waals surface area contributed by atoms with Crippen molar-refractivity contribution in [3.8, 4) is 5.75 Å². The molecule has 0 saturated carbocycles. The Morgan fingerprint density at radius 2 is 2.04 bits per heavy atom. The molecule has 0 spiro atoms. The number of fused-ring (bicyclic) bond motifs is 1. The van der Waals surface area contributed by atoms with E-state index in [1.165, 1.54) is 0 Å². The number of hydrogen-bond donors (Lipinski definition) is 2. The summed E-state index contributed by atoms with van der Waals surface area (Å²) in [6.45, 7) is 4.66. The van der Waals surface area contributed by atoms with Crippen LogP contribution in [0.1, 0.15) is 46.0 Å². The molecule has 4 rings (SSSR count). The number of aryl methyl sites for hydroxylation is 1. The number of hydrogen-bond acceptors (Lipinski definition) is 5. The van der Waals surface area contributed by atoms with E-state index in [2.05, 4.69) is 10.6 Å². The average molecular weight is 382 g/mol. The normalized spacial score (nSPS) is 19.5. The highest BCUT2D eigenvalue weighted by Crippen LogP contribution is 2.27. The standard InChI is InChI=1S/C22H26N2O4/c1-14-10-19(16-6-8-23-9-7-16)28-22(26)20(14)21(25)24-12-15-11-17-4-2-3-5-18(17)27-13-15/h2-5,10,15-16,23H,6-9,11-13H2,1H3,(H,24,25). The Balaban J connectivity index is 1.41. The Labute approximate surface area is 164 Å². The first-order valence-corrected chi connectivity index (χ1v) is 9.96. The van der Waals surface area contributed by atoms with Gasteiger partial charge in [0.15, 0.2) is 0 Å². The zero-order valence-corrected chi connectivity index (χ0v) is 16.1. The van der Waals surface area contributed by atoms with E-state index >= 15 is 0 Å². The summed E-state index contributed by atoms with van der Waals surface area (Å²) in [5, 5.41) is 6.19. The van der Waals surface area contributed by atoms with Gasteiger partial charge in [-0.05, 0) is 62.5 Å². The van der Waals surface area contributed by atoms with Gasteiger partial charge in [-0.3, -0.25) is 4.79 Å². The number of nitrogens with one attached hydrogen (secondary N) is 2. The molecule has 2 N–H and O–H groups in total. The lowest BCUT2D eigenvalue weighted by Crippen LogP contribution is -2.37. The van der Waals surface area contributed by atoms with Gasteiger partial charge in [-0.2, -0.15) is 0 Å². The van der Waals surface area contributed by atoms with Gasteiger partial charge in [0, 0.05) is 18.4 Å². The van der Waals surface area contributed by atoms with E-state index in [4.69, 9.17) is 9.15 Å².